The van der Waals surface area contributed by atoms with Gasteiger partial charge >= 0.3 is 5.97 Å². The fourth-order valence-electron chi connectivity index (χ4n) is 6.42. The highest BCUT2D eigenvalue weighted by atomic mass is 19.1. The first-order valence-electron chi connectivity index (χ1n) is 12.8. The molecule has 2 aromatic carbocycles. The molecule has 4 atom stereocenters. The van der Waals surface area contributed by atoms with Crippen LogP contribution in [0.2, 0.25) is 0 Å². The Morgan fingerprint density at radius 2 is 2.03 bits per heavy atom. The van der Waals surface area contributed by atoms with Crippen molar-refractivity contribution >= 4 is 11.9 Å². The van der Waals surface area contributed by atoms with Gasteiger partial charge in [0.1, 0.15) is 17.2 Å². The number of piperidine rings is 1. The number of carbonyl (C=O) groups excluding carboxylic acids is 1. The lowest BCUT2D eigenvalue weighted by Crippen LogP contribution is -2.57. The van der Waals surface area contributed by atoms with Gasteiger partial charge in [-0.3, -0.25) is 9.59 Å². The minimum absolute atomic E-state index is 0.0186. The van der Waals surface area contributed by atoms with Crippen LogP contribution in [0.1, 0.15) is 61.8 Å². The van der Waals surface area contributed by atoms with Crippen LogP contribution in [-0.2, 0) is 20.7 Å². The molecule has 5 rings (SSSR count). The molecule has 3 aliphatic heterocycles. The molecule has 1 N–H and O–H groups in total. The molecule has 2 saturated heterocycles. The van der Waals surface area contributed by atoms with Gasteiger partial charge in [0.25, 0.3) is 0 Å². The topological polar surface area (TPSA) is 76.1 Å². The SMILES string of the molecule is Cc1cc(F)ccc1CC(=O)N1CCC[C@]2(CO[C@H]3c4ccccc4O[C@](C)(CCC(=O)O)[C@@H]3C2)C1. The minimum atomic E-state index is -0.841. The van der Waals surface area contributed by atoms with Crippen molar-refractivity contribution in [3.63, 3.8) is 0 Å². The Bertz CT molecular complexity index is 1170. The van der Waals surface area contributed by atoms with Gasteiger partial charge in [0.2, 0.25) is 5.91 Å². The molecular weight excluding hydrogens is 461 g/mol. The van der Waals surface area contributed by atoms with Crippen LogP contribution in [0.25, 0.3) is 0 Å². The van der Waals surface area contributed by atoms with Gasteiger partial charge in [-0.05, 0) is 68.9 Å². The van der Waals surface area contributed by atoms with E-state index in [1.54, 1.807) is 6.07 Å². The number of halogens is 1. The van der Waals surface area contributed by atoms with E-state index in [1.165, 1.54) is 12.1 Å². The third-order valence-corrected chi connectivity index (χ3v) is 8.44. The summed E-state index contributed by atoms with van der Waals surface area (Å²) in [6.07, 6.45) is 3.15. The monoisotopic (exact) mass is 495 g/mol. The molecule has 0 saturated carbocycles. The van der Waals surface area contributed by atoms with Crippen molar-refractivity contribution in [2.24, 2.45) is 11.3 Å². The molecule has 3 aliphatic rings. The summed E-state index contributed by atoms with van der Waals surface area (Å²) in [5, 5.41) is 9.39. The van der Waals surface area contributed by atoms with E-state index in [9.17, 15) is 19.1 Å². The van der Waals surface area contributed by atoms with Crippen LogP contribution in [0.5, 0.6) is 5.75 Å². The molecule has 0 aliphatic carbocycles. The van der Waals surface area contributed by atoms with Gasteiger partial charge in [-0.2, -0.15) is 0 Å². The van der Waals surface area contributed by atoms with Gasteiger partial charge in [-0.1, -0.05) is 24.3 Å². The van der Waals surface area contributed by atoms with Crippen LogP contribution in [0.3, 0.4) is 0 Å². The van der Waals surface area contributed by atoms with Gasteiger partial charge < -0.3 is 19.5 Å². The standard InChI is InChI=1S/C29H34FNO5/c1-19-14-21(30)9-8-20(19)15-25(32)31-13-5-11-29(17-31)16-23-27(35-18-29)22-6-3-4-7-24(22)36-28(23,2)12-10-26(33)34/h3-4,6-9,14,23,27H,5,10-13,15-18H2,1-2H3,(H,33,34)/t23-,27+,28-,29-/m1/s1. The number of rotatable bonds is 5. The van der Waals surface area contributed by atoms with Gasteiger partial charge in [-0.15, -0.1) is 0 Å². The van der Waals surface area contributed by atoms with E-state index < -0.39 is 11.6 Å². The smallest absolute Gasteiger partial charge is 0.303 e. The Hall–Kier alpha value is -2.93. The van der Waals surface area contributed by atoms with Crippen LogP contribution in [0.4, 0.5) is 4.39 Å². The van der Waals surface area contributed by atoms with Crippen molar-refractivity contribution in [2.75, 3.05) is 19.7 Å². The predicted molar refractivity (Wildman–Crippen MR) is 132 cm³/mol. The number of ether oxygens (including phenoxy) is 2. The molecule has 0 bridgehead atoms. The number of fused-ring (bicyclic) bond motifs is 3. The third-order valence-electron chi connectivity index (χ3n) is 8.44. The lowest BCUT2D eigenvalue weighted by molar-refractivity contribution is -0.185. The van der Waals surface area contributed by atoms with E-state index in [0.29, 0.717) is 26.1 Å². The largest absolute Gasteiger partial charge is 0.487 e. The van der Waals surface area contributed by atoms with E-state index >= 15 is 0 Å². The summed E-state index contributed by atoms with van der Waals surface area (Å²) in [5.41, 5.74) is 1.77. The van der Waals surface area contributed by atoms with Crippen molar-refractivity contribution in [1.29, 1.82) is 0 Å². The van der Waals surface area contributed by atoms with Crippen molar-refractivity contribution in [3.05, 3.63) is 65.0 Å². The fraction of sp³-hybridized carbons (Fsp3) is 0.517. The Balaban J connectivity index is 1.37. The number of likely N-dealkylation sites (tertiary alicyclic amines) is 1. The van der Waals surface area contributed by atoms with E-state index in [4.69, 9.17) is 9.47 Å². The molecule has 2 aromatic rings. The molecule has 2 fully saturated rings. The lowest BCUT2D eigenvalue weighted by Gasteiger charge is -2.55. The zero-order chi connectivity index (χ0) is 25.5. The summed E-state index contributed by atoms with van der Waals surface area (Å²) in [7, 11) is 0. The van der Waals surface area contributed by atoms with E-state index in [0.717, 1.165) is 41.7 Å². The second kappa shape index (κ2) is 9.51. The van der Waals surface area contributed by atoms with Crippen LogP contribution in [0, 0.1) is 24.1 Å². The maximum atomic E-state index is 13.5. The highest BCUT2D eigenvalue weighted by molar-refractivity contribution is 5.79. The van der Waals surface area contributed by atoms with Gasteiger partial charge in [-0.25, -0.2) is 4.39 Å². The number of hydrogen-bond donors (Lipinski definition) is 1. The molecule has 192 valence electrons. The average Bonchev–Trinajstić information content (AvgIpc) is 2.85. The summed E-state index contributed by atoms with van der Waals surface area (Å²) in [6, 6.07) is 12.4. The van der Waals surface area contributed by atoms with Crippen molar-refractivity contribution in [1.82, 2.24) is 4.90 Å². The molecule has 1 spiro atoms. The molecular formula is C29H34FNO5. The molecule has 36 heavy (non-hydrogen) atoms. The number of carboxylic acids is 1. The van der Waals surface area contributed by atoms with Crippen molar-refractivity contribution in [3.8, 4) is 5.75 Å². The van der Waals surface area contributed by atoms with Crippen LogP contribution in [-0.4, -0.2) is 47.2 Å². The van der Waals surface area contributed by atoms with E-state index in [1.807, 2.05) is 43.0 Å². The maximum Gasteiger partial charge on any atom is 0.303 e. The quantitative estimate of drug-likeness (QED) is 0.626. The Morgan fingerprint density at radius 3 is 2.81 bits per heavy atom. The Morgan fingerprint density at radius 1 is 1.22 bits per heavy atom. The average molecular weight is 496 g/mol. The fourth-order valence-corrected chi connectivity index (χ4v) is 6.42. The van der Waals surface area contributed by atoms with Crippen molar-refractivity contribution in [2.45, 2.75) is 64.1 Å². The Labute approximate surface area is 211 Å². The zero-order valence-electron chi connectivity index (χ0n) is 21.0. The highest BCUT2D eigenvalue weighted by Crippen LogP contribution is 2.56. The number of aliphatic carboxylic acids is 1. The molecule has 3 heterocycles. The number of hydrogen-bond acceptors (Lipinski definition) is 4. The van der Waals surface area contributed by atoms with E-state index in [-0.39, 0.29) is 42.0 Å². The van der Waals surface area contributed by atoms with Crippen LogP contribution in [0.15, 0.2) is 42.5 Å². The van der Waals surface area contributed by atoms with Gasteiger partial charge in [0, 0.05) is 36.4 Å². The second-order valence-electron chi connectivity index (χ2n) is 11.1. The number of aryl methyl sites for hydroxylation is 1. The van der Waals surface area contributed by atoms with Crippen LogP contribution >= 0.6 is 0 Å². The highest BCUT2D eigenvalue weighted by Gasteiger charge is 2.54. The number of amides is 1. The summed E-state index contributed by atoms with van der Waals surface area (Å²) in [5.74, 6) is -0.346. The third kappa shape index (κ3) is 4.73. The zero-order valence-corrected chi connectivity index (χ0v) is 21.0. The molecule has 0 aromatic heterocycles. The van der Waals surface area contributed by atoms with Crippen molar-refractivity contribution < 1.29 is 28.6 Å². The number of nitrogens with zero attached hydrogens (tertiary/aromatic N) is 1. The molecule has 0 radical (unpaired) electrons. The summed E-state index contributed by atoms with van der Waals surface area (Å²) < 4.78 is 26.6. The first-order chi connectivity index (χ1) is 17.2. The Kier molecular flexibility index (Phi) is 6.54. The minimum Gasteiger partial charge on any atom is -0.487 e. The molecule has 0 unspecified atom stereocenters. The van der Waals surface area contributed by atoms with Crippen LogP contribution < -0.4 is 4.74 Å². The lowest BCUT2D eigenvalue weighted by atomic mass is 9.64. The van der Waals surface area contributed by atoms with E-state index in [2.05, 4.69) is 0 Å². The number of carboxylic acid groups (broad SMARTS) is 1. The van der Waals surface area contributed by atoms with Gasteiger partial charge in [0.05, 0.1) is 19.1 Å². The molecule has 1 amide bonds. The molecule has 6 nitrogen and oxygen atoms in total. The first-order valence-corrected chi connectivity index (χ1v) is 12.8. The summed E-state index contributed by atoms with van der Waals surface area (Å²) in [6.45, 7) is 5.69. The van der Waals surface area contributed by atoms with Gasteiger partial charge in [0.15, 0.2) is 0 Å². The predicted octanol–water partition coefficient (Wildman–Crippen LogP) is 5.08. The molecule has 7 heteroatoms. The number of carbonyl (C=O) groups is 2. The maximum absolute atomic E-state index is 13.5. The number of para-hydroxylation sites is 1. The summed E-state index contributed by atoms with van der Waals surface area (Å²) >= 11 is 0. The number of benzene rings is 2. The summed E-state index contributed by atoms with van der Waals surface area (Å²) in [4.78, 5) is 26.7. The second-order valence-corrected chi connectivity index (χ2v) is 11.1. The first kappa shape index (κ1) is 24.8. The normalized spacial score (nSPS) is 29.2.